The van der Waals surface area contributed by atoms with E-state index in [1.54, 1.807) is 0 Å². The number of carbonyl (C=O) groups excluding carboxylic acids is 1. The fraction of sp³-hybridized carbons (Fsp3) is 0.500. The molecular formula is C8H14N2O3. The molecule has 0 radical (unpaired) electrons. The first kappa shape index (κ1) is 11.5. The number of carboxylic acid groups (broad SMARTS) is 1. The third kappa shape index (κ3) is 8.39. The van der Waals surface area contributed by atoms with Crippen molar-refractivity contribution in [2.75, 3.05) is 0 Å². The molecule has 0 bridgehead atoms. The quantitative estimate of drug-likeness (QED) is 0.555. The molecule has 0 aromatic heterocycles. The van der Waals surface area contributed by atoms with E-state index in [1.807, 2.05) is 20.8 Å². The summed E-state index contributed by atoms with van der Waals surface area (Å²) in [5, 5.41) is 13.1. The third-order valence-electron chi connectivity index (χ3n) is 0.929. The lowest BCUT2D eigenvalue weighted by Gasteiger charge is -2.19. The molecule has 0 rings (SSSR count). The van der Waals surface area contributed by atoms with Crippen molar-refractivity contribution in [3.05, 3.63) is 12.3 Å². The molecule has 2 amide bonds. The maximum atomic E-state index is 11.0. The minimum absolute atomic E-state index is 0.332. The highest BCUT2D eigenvalue weighted by Gasteiger charge is 2.11. The van der Waals surface area contributed by atoms with Crippen molar-refractivity contribution >= 4 is 12.0 Å². The number of hydrogen-bond donors (Lipinski definition) is 3. The zero-order valence-electron chi connectivity index (χ0n) is 7.92. The molecule has 0 heterocycles. The number of urea groups is 1. The van der Waals surface area contributed by atoms with Crippen LogP contribution in [0.5, 0.6) is 0 Å². The standard InChI is InChI=1S/C8H14N2O3/c1-8(2,3)10-7(13)9-5-4-6(11)12/h4-5H,1-3H3,(H,11,12)(H2,9,10,13)/b5-4+. The van der Waals surface area contributed by atoms with E-state index in [4.69, 9.17) is 5.11 Å². The number of rotatable bonds is 2. The summed E-state index contributed by atoms with van der Waals surface area (Å²) in [4.78, 5) is 21.0. The largest absolute Gasteiger partial charge is 0.478 e. The smallest absolute Gasteiger partial charge is 0.329 e. The SMILES string of the molecule is CC(C)(C)NC(=O)N/C=C/C(=O)O. The highest BCUT2D eigenvalue weighted by Crippen LogP contribution is 1.96. The molecule has 0 aliphatic rings. The number of nitrogens with one attached hydrogen (secondary N) is 2. The molecule has 0 saturated heterocycles. The van der Waals surface area contributed by atoms with Gasteiger partial charge in [-0.2, -0.15) is 0 Å². The average molecular weight is 186 g/mol. The van der Waals surface area contributed by atoms with Gasteiger partial charge in [0.05, 0.1) is 0 Å². The van der Waals surface area contributed by atoms with E-state index in [1.165, 1.54) is 0 Å². The summed E-state index contributed by atoms with van der Waals surface area (Å²) in [7, 11) is 0. The Morgan fingerprint density at radius 3 is 2.23 bits per heavy atom. The summed E-state index contributed by atoms with van der Waals surface area (Å²) < 4.78 is 0. The van der Waals surface area contributed by atoms with Crippen molar-refractivity contribution in [1.82, 2.24) is 10.6 Å². The molecule has 0 saturated carbocycles. The predicted octanol–water partition coefficient (Wildman–Crippen LogP) is 0.682. The second-order valence-electron chi connectivity index (χ2n) is 3.52. The zero-order valence-corrected chi connectivity index (χ0v) is 7.92. The van der Waals surface area contributed by atoms with Gasteiger partial charge in [0, 0.05) is 17.8 Å². The van der Waals surface area contributed by atoms with Crippen LogP contribution < -0.4 is 10.6 Å². The summed E-state index contributed by atoms with van der Waals surface area (Å²) in [6.45, 7) is 5.48. The number of carbonyl (C=O) groups is 2. The van der Waals surface area contributed by atoms with Crippen LogP contribution in [0.25, 0.3) is 0 Å². The molecule has 0 atom stereocenters. The Kier molecular flexibility index (Phi) is 3.97. The van der Waals surface area contributed by atoms with Crippen LogP contribution in [0, 0.1) is 0 Å². The van der Waals surface area contributed by atoms with E-state index in [0.29, 0.717) is 0 Å². The molecule has 0 aliphatic carbocycles. The molecule has 3 N–H and O–H groups in total. The Labute approximate surface area is 76.8 Å². The van der Waals surface area contributed by atoms with Gasteiger partial charge in [0.25, 0.3) is 0 Å². The van der Waals surface area contributed by atoms with Gasteiger partial charge < -0.3 is 15.7 Å². The van der Waals surface area contributed by atoms with Crippen molar-refractivity contribution < 1.29 is 14.7 Å². The Balaban J connectivity index is 3.83. The van der Waals surface area contributed by atoms with Crippen molar-refractivity contribution in [2.45, 2.75) is 26.3 Å². The molecule has 13 heavy (non-hydrogen) atoms. The Morgan fingerprint density at radius 1 is 1.31 bits per heavy atom. The zero-order chi connectivity index (χ0) is 10.5. The van der Waals surface area contributed by atoms with E-state index >= 15 is 0 Å². The topological polar surface area (TPSA) is 78.4 Å². The van der Waals surface area contributed by atoms with Crippen molar-refractivity contribution in [3.63, 3.8) is 0 Å². The summed E-state index contributed by atoms with van der Waals surface area (Å²) in [6.07, 6.45) is 1.92. The second-order valence-corrected chi connectivity index (χ2v) is 3.52. The van der Waals surface area contributed by atoms with Gasteiger partial charge in [0.15, 0.2) is 0 Å². The van der Waals surface area contributed by atoms with Crippen LogP contribution in [0.1, 0.15) is 20.8 Å². The summed E-state index contributed by atoms with van der Waals surface area (Å²) in [5.41, 5.74) is -0.332. The molecular weight excluding hydrogens is 172 g/mol. The highest BCUT2D eigenvalue weighted by molar-refractivity contribution is 5.81. The number of carboxylic acids is 1. The first-order chi connectivity index (χ1) is 5.81. The van der Waals surface area contributed by atoms with Crippen molar-refractivity contribution in [2.24, 2.45) is 0 Å². The monoisotopic (exact) mass is 186 g/mol. The maximum absolute atomic E-state index is 11.0. The molecule has 0 aromatic carbocycles. The van der Waals surface area contributed by atoms with E-state index < -0.39 is 12.0 Å². The fourth-order valence-electron chi connectivity index (χ4n) is 0.565. The van der Waals surface area contributed by atoms with Crippen LogP contribution in [-0.2, 0) is 4.79 Å². The van der Waals surface area contributed by atoms with Gasteiger partial charge in [-0.1, -0.05) is 0 Å². The maximum Gasteiger partial charge on any atom is 0.329 e. The highest BCUT2D eigenvalue weighted by atomic mass is 16.4. The Bertz CT molecular complexity index is 228. The first-order valence-electron chi connectivity index (χ1n) is 3.79. The minimum Gasteiger partial charge on any atom is -0.478 e. The van der Waals surface area contributed by atoms with E-state index in [2.05, 4.69) is 10.6 Å². The van der Waals surface area contributed by atoms with E-state index in [-0.39, 0.29) is 5.54 Å². The van der Waals surface area contributed by atoms with Gasteiger partial charge in [0.2, 0.25) is 0 Å². The van der Waals surface area contributed by atoms with Crippen LogP contribution in [0.2, 0.25) is 0 Å². The molecule has 0 aromatic rings. The van der Waals surface area contributed by atoms with Gasteiger partial charge >= 0.3 is 12.0 Å². The fourth-order valence-corrected chi connectivity index (χ4v) is 0.565. The van der Waals surface area contributed by atoms with Gasteiger partial charge in [-0.15, -0.1) is 0 Å². The van der Waals surface area contributed by atoms with E-state index in [9.17, 15) is 9.59 Å². The van der Waals surface area contributed by atoms with Crippen LogP contribution in [0.3, 0.4) is 0 Å². The van der Waals surface area contributed by atoms with Crippen molar-refractivity contribution in [3.8, 4) is 0 Å². The second kappa shape index (κ2) is 4.49. The molecule has 0 fully saturated rings. The molecule has 5 nitrogen and oxygen atoms in total. The van der Waals surface area contributed by atoms with Gasteiger partial charge in [-0.05, 0) is 20.8 Å². The number of amides is 2. The lowest BCUT2D eigenvalue weighted by Crippen LogP contribution is -2.44. The first-order valence-corrected chi connectivity index (χ1v) is 3.79. The summed E-state index contributed by atoms with van der Waals surface area (Å²) >= 11 is 0. The molecule has 74 valence electrons. The lowest BCUT2D eigenvalue weighted by molar-refractivity contribution is -0.131. The average Bonchev–Trinajstić information content (AvgIpc) is 1.81. The molecule has 0 unspecified atom stereocenters. The Hall–Kier alpha value is -1.52. The van der Waals surface area contributed by atoms with Crippen LogP contribution in [-0.4, -0.2) is 22.6 Å². The number of aliphatic carboxylic acids is 1. The minimum atomic E-state index is -1.10. The summed E-state index contributed by atoms with van der Waals surface area (Å²) in [6, 6.07) is -0.426. The molecule has 0 aliphatic heterocycles. The van der Waals surface area contributed by atoms with Crippen LogP contribution in [0.15, 0.2) is 12.3 Å². The molecule has 0 spiro atoms. The van der Waals surface area contributed by atoms with Crippen molar-refractivity contribution in [1.29, 1.82) is 0 Å². The number of hydrogen-bond acceptors (Lipinski definition) is 2. The molecule has 5 heteroatoms. The van der Waals surface area contributed by atoms with Crippen LogP contribution >= 0.6 is 0 Å². The Morgan fingerprint density at radius 2 is 1.85 bits per heavy atom. The third-order valence-corrected chi connectivity index (χ3v) is 0.929. The van der Waals surface area contributed by atoms with Gasteiger partial charge in [-0.25, -0.2) is 9.59 Å². The van der Waals surface area contributed by atoms with E-state index in [0.717, 1.165) is 12.3 Å². The normalized spacial score (nSPS) is 11.3. The lowest BCUT2D eigenvalue weighted by atomic mass is 10.1. The van der Waals surface area contributed by atoms with Crippen LogP contribution in [0.4, 0.5) is 4.79 Å². The van der Waals surface area contributed by atoms with Gasteiger partial charge in [0.1, 0.15) is 0 Å². The van der Waals surface area contributed by atoms with Gasteiger partial charge in [-0.3, -0.25) is 0 Å². The summed E-state index contributed by atoms with van der Waals surface area (Å²) in [5.74, 6) is -1.10. The predicted molar refractivity (Wildman–Crippen MR) is 48.2 cm³/mol.